The first-order valence-corrected chi connectivity index (χ1v) is 11.7. The van der Waals surface area contributed by atoms with Gasteiger partial charge in [0.1, 0.15) is 11.9 Å². The Bertz CT molecular complexity index is 910. The van der Waals surface area contributed by atoms with E-state index in [1.807, 2.05) is 6.20 Å². The molecule has 3 atom stereocenters. The third kappa shape index (κ3) is 4.06. The second kappa shape index (κ2) is 8.97. The molecule has 1 aromatic heterocycles. The van der Waals surface area contributed by atoms with Gasteiger partial charge in [0.25, 0.3) is 0 Å². The number of nitrogens with one attached hydrogen (secondary N) is 1. The summed E-state index contributed by atoms with van der Waals surface area (Å²) in [5, 5.41) is 3.81. The summed E-state index contributed by atoms with van der Waals surface area (Å²) in [5.74, 6) is 1.52. The van der Waals surface area contributed by atoms with Gasteiger partial charge < -0.3 is 15.0 Å². The molecule has 3 unspecified atom stereocenters. The quantitative estimate of drug-likeness (QED) is 0.796. The highest BCUT2D eigenvalue weighted by molar-refractivity contribution is 5.82. The van der Waals surface area contributed by atoms with E-state index in [-0.39, 0.29) is 6.17 Å². The predicted molar refractivity (Wildman–Crippen MR) is 124 cm³/mol. The smallest absolute Gasteiger partial charge is 0.125 e. The van der Waals surface area contributed by atoms with Gasteiger partial charge in [-0.05, 0) is 35.6 Å². The Balaban J connectivity index is 1.41. The summed E-state index contributed by atoms with van der Waals surface area (Å²) < 4.78 is 5.49. The monoisotopic (exact) mass is 419 g/mol. The van der Waals surface area contributed by atoms with E-state index >= 15 is 0 Å². The third-order valence-corrected chi connectivity index (χ3v) is 7.16. The van der Waals surface area contributed by atoms with Crippen LogP contribution in [0.25, 0.3) is 11.8 Å². The Morgan fingerprint density at radius 3 is 2.32 bits per heavy atom. The van der Waals surface area contributed by atoms with Crippen LogP contribution in [0.2, 0.25) is 0 Å². The number of aromatic nitrogens is 2. The van der Waals surface area contributed by atoms with Crippen LogP contribution in [-0.4, -0.2) is 54.3 Å². The van der Waals surface area contributed by atoms with Crippen LogP contribution in [0.5, 0.6) is 0 Å². The molecule has 164 valence electrons. The largest absolute Gasteiger partial charge is 0.378 e. The molecular weight excluding hydrogens is 386 g/mol. The van der Waals surface area contributed by atoms with Gasteiger partial charge in [-0.25, -0.2) is 0 Å². The second-order valence-electron chi connectivity index (χ2n) is 8.87. The number of hydrogen-bond acceptors (Lipinski definition) is 6. The zero-order chi connectivity index (χ0) is 21.2. The molecule has 6 nitrogen and oxygen atoms in total. The van der Waals surface area contributed by atoms with Crippen molar-refractivity contribution in [3.05, 3.63) is 53.6 Å². The molecule has 0 saturated carbocycles. The lowest BCUT2D eigenvalue weighted by Gasteiger charge is -2.34. The van der Waals surface area contributed by atoms with E-state index < -0.39 is 0 Å². The van der Waals surface area contributed by atoms with Crippen molar-refractivity contribution in [1.29, 1.82) is 0 Å². The average Bonchev–Trinajstić information content (AvgIpc) is 3.27. The molecule has 3 aliphatic rings. The fraction of sp³-hybridized carbons (Fsp3) is 0.520. The summed E-state index contributed by atoms with van der Waals surface area (Å²) in [6.45, 7) is 10.4. The average molecular weight is 420 g/mol. The molecule has 5 rings (SSSR count). The van der Waals surface area contributed by atoms with Gasteiger partial charge in [0.15, 0.2) is 0 Å². The van der Waals surface area contributed by atoms with Crippen LogP contribution < -0.4 is 10.2 Å². The number of likely N-dealkylation sites (tertiary alicyclic amines) is 1. The number of nitrogens with zero attached hydrogens (tertiary/aromatic N) is 4. The number of hydrogen-bond donors (Lipinski definition) is 1. The van der Waals surface area contributed by atoms with E-state index in [2.05, 4.69) is 64.3 Å². The van der Waals surface area contributed by atoms with Gasteiger partial charge in [0.2, 0.25) is 0 Å². The SMILES string of the molecule is CCC1CN(C2NC(c3ccc(N4CCOCC4)cc3)=Cc3nccnc32)CC1CC. The van der Waals surface area contributed by atoms with Gasteiger partial charge in [-0.15, -0.1) is 0 Å². The minimum Gasteiger partial charge on any atom is -0.378 e. The van der Waals surface area contributed by atoms with Gasteiger partial charge in [0.05, 0.1) is 18.9 Å². The van der Waals surface area contributed by atoms with E-state index in [1.165, 1.54) is 24.1 Å². The molecule has 0 spiro atoms. The van der Waals surface area contributed by atoms with Crippen LogP contribution in [-0.2, 0) is 4.74 Å². The zero-order valence-electron chi connectivity index (χ0n) is 18.6. The van der Waals surface area contributed by atoms with Crippen molar-refractivity contribution < 1.29 is 4.74 Å². The number of morpholine rings is 1. The van der Waals surface area contributed by atoms with Crippen LogP contribution in [0.1, 0.15) is 49.8 Å². The Morgan fingerprint density at radius 1 is 0.968 bits per heavy atom. The van der Waals surface area contributed by atoms with Crippen molar-refractivity contribution in [3.63, 3.8) is 0 Å². The topological polar surface area (TPSA) is 53.5 Å². The third-order valence-electron chi connectivity index (χ3n) is 7.16. The molecule has 6 heteroatoms. The molecule has 2 fully saturated rings. The van der Waals surface area contributed by atoms with Crippen molar-refractivity contribution in [2.75, 3.05) is 44.3 Å². The predicted octanol–water partition coefficient (Wildman–Crippen LogP) is 3.78. The lowest BCUT2D eigenvalue weighted by molar-refractivity contribution is 0.122. The lowest BCUT2D eigenvalue weighted by atomic mass is 9.92. The standard InChI is InChI=1S/C25H33N5O/c1-3-18-16-30(17-19(18)4-2)25-24-23(26-9-10-27-24)15-22(28-25)20-5-7-21(8-6-20)29-11-13-31-14-12-29/h5-10,15,18-19,25,28H,3-4,11-14,16-17H2,1-2H3. The first kappa shape index (κ1) is 20.5. The summed E-state index contributed by atoms with van der Waals surface area (Å²) >= 11 is 0. The summed E-state index contributed by atoms with van der Waals surface area (Å²) in [5.41, 5.74) is 5.60. The summed E-state index contributed by atoms with van der Waals surface area (Å²) in [4.78, 5) is 14.3. The van der Waals surface area contributed by atoms with Gasteiger partial charge in [-0.1, -0.05) is 38.8 Å². The maximum atomic E-state index is 5.49. The normalized spacial score (nSPS) is 26.3. The van der Waals surface area contributed by atoms with Crippen LogP contribution >= 0.6 is 0 Å². The van der Waals surface area contributed by atoms with Gasteiger partial charge >= 0.3 is 0 Å². The highest BCUT2D eigenvalue weighted by Crippen LogP contribution is 2.37. The van der Waals surface area contributed by atoms with Crippen molar-refractivity contribution in [3.8, 4) is 0 Å². The summed E-state index contributed by atoms with van der Waals surface area (Å²) in [6, 6.07) is 8.88. The highest BCUT2D eigenvalue weighted by Gasteiger charge is 2.37. The van der Waals surface area contributed by atoms with Crippen molar-refractivity contribution >= 4 is 17.5 Å². The maximum absolute atomic E-state index is 5.49. The number of benzene rings is 1. The molecule has 0 bridgehead atoms. The summed E-state index contributed by atoms with van der Waals surface area (Å²) in [7, 11) is 0. The first-order chi connectivity index (χ1) is 15.3. The molecule has 2 aromatic rings. The minimum atomic E-state index is 0.0771. The van der Waals surface area contributed by atoms with E-state index in [9.17, 15) is 0 Å². The van der Waals surface area contributed by atoms with Crippen LogP contribution in [0.4, 0.5) is 5.69 Å². The van der Waals surface area contributed by atoms with E-state index in [0.717, 1.165) is 68.3 Å². The lowest BCUT2D eigenvalue weighted by Crippen LogP contribution is -2.39. The molecule has 1 N–H and O–H groups in total. The zero-order valence-corrected chi connectivity index (χ0v) is 18.6. The Kier molecular flexibility index (Phi) is 5.92. The number of fused-ring (bicyclic) bond motifs is 1. The molecule has 3 aliphatic heterocycles. The van der Waals surface area contributed by atoms with Crippen molar-refractivity contribution in [2.45, 2.75) is 32.9 Å². The second-order valence-corrected chi connectivity index (χ2v) is 8.87. The maximum Gasteiger partial charge on any atom is 0.125 e. The van der Waals surface area contributed by atoms with Crippen molar-refractivity contribution in [2.24, 2.45) is 11.8 Å². The Hall–Kier alpha value is -2.44. The number of rotatable bonds is 5. The minimum absolute atomic E-state index is 0.0771. The van der Waals surface area contributed by atoms with E-state index in [4.69, 9.17) is 9.72 Å². The molecule has 0 radical (unpaired) electrons. The van der Waals surface area contributed by atoms with Crippen LogP contribution in [0, 0.1) is 11.8 Å². The summed E-state index contributed by atoms with van der Waals surface area (Å²) in [6.07, 6.45) is 8.31. The van der Waals surface area contributed by atoms with Crippen molar-refractivity contribution in [1.82, 2.24) is 20.2 Å². The van der Waals surface area contributed by atoms with Crippen LogP contribution in [0.15, 0.2) is 36.7 Å². The highest BCUT2D eigenvalue weighted by atomic mass is 16.5. The number of anilines is 1. The molecule has 0 aliphatic carbocycles. The fourth-order valence-electron chi connectivity index (χ4n) is 5.29. The Labute approximate surface area is 185 Å². The fourth-order valence-corrected chi connectivity index (χ4v) is 5.29. The van der Waals surface area contributed by atoms with Crippen LogP contribution in [0.3, 0.4) is 0 Å². The molecule has 31 heavy (non-hydrogen) atoms. The van der Waals surface area contributed by atoms with E-state index in [1.54, 1.807) is 6.20 Å². The number of ether oxygens (including phenoxy) is 1. The first-order valence-electron chi connectivity index (χ1n) is 11.7. The molecule has 1 aromatic carbocycles. The molecule has 2 saturated heterocycles. The molecule has 0 amide bonds. The van der Waals surface area contributed by atoms with E-state index in [0.29, 0.717) is 0 Å². The van der Waals surface area contributed by atoms with Gasteiger partial charge in [0, 0.05) is 50.0 Å². The molecular formula is C25H33N5O. The molecule has 4 heterocycles. The van der Waals surface area contributed by atoms with Gasteiger partial charge in [-0.2, -0.15) is 0 Å². The van der Waals surface area contributed by atoms with Gasteiger partial charge in [-0.3, -0.25) is 14.9 Å². The Morgan fingerprint density at radius 2 is 1.65 bits per heavy atom.